The molecule has 8 heteroatoms. The zero-order valence-corrected chi connectivity index (χ0v) is 15.2. The summed E-state index contributed by atoms with van der Waals surface area (Å²) in [5, 5.41) is 12.0. The number of nitrogens with one attached hydrogen (secondary N) is 1. The van der Waals surface area contributed by atoms with Crippen LogP contribution in [0.15, 0.2) is 22.9 Å². The zero-order chi connectivity index (χ0) is 18.3. The predicted molar refractivity (Wildman–Crippen MR) is 97.2 cm³/mol. The molecule has 0 aliphatic carbocycles. The zero-order valence-electron chi connectivity index (χ0n) is 15.2. The van der Waals surface area contributed by atoms with Gasteiger partial charge in [0.1, 0.15) is 5.82 Å². The Hall–Kier alpha value is -2.74. The number of nitrogens with zero attached hydrogens (tertiary/aromatic N) is 5. The van der Waals surface area contributed by atoms with Gasteiger partial charge in [-0.05, 0) is 52.9 Å². The summed E-state index contributed by atoms with van der Waals surface area (Å²) in [6, 6.07) is 3.90. The molecule has 136 valence electrons. The molecule has 4 heterocycles. The third-order valence-electron chi connectivity index (χ3n) is 4.94. The van der Waals surface area contributed by atoms with Gasteiger partial charge in [0.05, 0.1) is 28.9 Å². The number of hydrogen-bond donors (Lipinski definition) is 1. The number of rotatable bonds is 3. The summed E-state index contributed by atoms with van der Waals surface area (Å²) in [6.45, 7) is 5.70. The van der Waals surface area contributed by atoms with E-state index in [4.69, 9.17) is 4.52 Å². The second-order valence-corrected chi connectivity index (χ2v) is 6.91. The first-order valence-electron chi connectivity index (χ1n) is 8.80. The minimum Gasteiger partial charge on any atom is -0.336 e. The Bertz CT molecular complexity index is 952. The molecule has 4 rings (SSSR count). The maximum atomic E-state index is 13.0. The summed E-state index contributed by atoms with van der Waals surface area (Å²) in [4.78, 5) is 19.6. The molecule has 3 aromatic rings. The van der Waals surface area contributed by atoms with Crippen molar-refractivity contribution < 1.29 is 9.32 Å². The smallest absolute Gasteiger partial charge is 0.258 e. The third-order valence-corrected chi connectivity index (χ3v) is 4.94. The molecule has 0 radical (unpaired) electrons. The lowest BCUT2D eigenvalue weighted by Gasteiger charge is -2.30. The number of piperidine rings is 1. The largest absolute Gasteiger partial charge is 0.336 e. The van der Waals surface area contributed by atoms with Crippen molar-refractivity contribution in [2.24, 2.45) is 0 Å². The molecule has 0 saturated carbocycles. The summed E-state index contributed by atoms with van der Waals surface area (Å²) >= 11 is 0. The van der Waals surface area contributed by atoms with Crippen molar-refractivity contribution in [2.45, 2.75) is 32.7 Å². The Labute approximate surface area is 151 Å². The van der Waals surface area contributed by atoms with Crippen LogP contribution in [0.25, 0.3) is 11.1 Å². The number of pyridine rings is 1. The highest BCUT2D eigenvalue weighted by atomic mass is 16.5. The van der Waals surface area contributed by atoms with E-state index in [1.165, 1.54) is 0 Å². The van der Waals surface area contributed by atoms with Crippen molar-refractivity contribution in [2.75, 3.05) is 25.5 Å². The Morgan fingerprint density at radius 2 is 2.08 bits per heavy atom. The van der Waals surface area contributed by atoms with Gasteiger partial charge in [0.25, 0.3) is 11.6 Å². The third kappa shape index (κ3) is 2.96. The second-order valence-electron chi connectivity index (χ2n) is 6.91. The van der Waals surface area contributed by atoms with E-state index >= 15 is 0 Å². The summed E-state index contributed by atoms with van der Waals surface area (Å²) in [5.41, 5.74) is 2.27. The Balaban J connectivity index is 1.62. The van der Waals surface area contributed by atoms with Crippen molar-refractivity contribution >= 4 is 22.8 Å². The first kappa shape index (κ1) is 16.7. The van der Waals surface area contributed by atoms with Crippen molar-refractivity contribution in [1.29, 1.82) is 0 Å². The monoisotopic (exact) mass is 354 g/mol. The average Bonchev–Trinajstić information content (AvgIpc) is 3.22. The van der Waals surface area contributed by atoms with E-state index in [0.29, 0.717) is 39.9 Å². The van der Waals surface area contributed by atoms with Crippen molar-refractivity contribution in [3.05, 3.63) is 35.3 Å². The van der Waals surface area contributed by atoms with Crippen molar-refractivity contribution in [1.82, 2.24) is 24.8 Å². The first-order chi connectivity index (χ1) is 12.5. The number of anilines is 1. The van der Waals surface area contributed by atoms with Crippen LogP contribution in [0, 0.1) is 13.8 Å². The van der Waals surface area contributed by atoms with Crippen LogP contribution in [-0.4, -0.2) is 50.9 Å². The molecule has 1 aliphatic heterocycles. The van der Waals surface area contributed by atoms with Gasteiger partial charge in [-0.25, -0.2) is 9.67 Å². The fraction of sp³-hybridized carbons (Fsp3) is 0.444. The van der Waals surface area contributed by atoms with Crippen LogP contribution in [-0.2, 0) is 0 Å². The SMILES string of the molecule is Cc1cc(C(=O)Nc2ccnn2C2CCN(C)CC2)c2c(C)noc2n1. The van der Waals surface area contributed by atoms with E-state index < -0.39 is 0 Å². The molecular formula is C18H22N6O2. The quantitative estimate of drug-likeness (QED) is 0.777. The van der Waals surface area contributed by atoms with E-state index in [2.05, 4.69) is 32.5 Å². The number of carbonyl (C=O) groups is 1. The molecule has 1 amide bonds. The van der Waals surface area contributed by atoms with Gasteiger partial charge in [0, 0.05) is 11.8 Å². The minimum atomic E-state index is -0.207. The highest BCUT2D eigenvalue weighted by Gasteiger charge is 2.23. The van der Waals surface area contributed by atoms with Gasteiger partial charge in [-0.1, -0.05) is 5.16 Å². The second kappa shape index (κ2) is 6.53. The summed E-state index contributed by atoms with van der Waals surface area (Å²) < 4.78 is 7.15. The lowest BCUT2D eigenvalue weighted by Crippen LogP contribution is -2.32. The minimum absolute atomic E-state index is 0.207. The van der Waals surface area contributed by atoms with Crippen LogP contribution in [0.4, 0.5) is 5.82 Å². The van der Waals surface area contributed by atoms with Gasteiger partial charge in [0.15, 0.2) is 0 Å². The van der Waals surface area contributed by atoms with Crippen LogP contribution >= 0.6 is 0 Å². The Morgan fingerprint density at radius 3 is 2.85 bits per heavy atom. The molecule has 8 nitrogen and oxygen atoms in total. The number of hydrogen-bond acceptors (Lipinski definition) is 6. The van der Waals surface area contributed by atoms with E-state index in [9.17, 15) is 4.79 Å². The van der Waals surface area contributed by atoms with Crippen LogP contribution < -0.4 is 5.32 Å². The normalized spacial score (nSPS) is 16.3. The van der Waals surface area contributed by atoms with Crippen LogP contribution in [0.3, 0.4) is 0 Å². The van der Waals surface area contributed by atoms with Crippen LogP contribution in [0.1, 0.15) is 40.6 Å². The lowest BCUT2D eigenvalue weighted by molar-refractivity contribution is 0.102. The topological polar surface area (TPSA) is 89.1 Å². The molecule has 3 aromatic heterocycles. The number of aromatic nitrogens is 4. The van der Waals surface area contributed by atoms with E-state index in [1.807, 2.05) is 24.6 Å². The summed E-state index contributed by atoms with van der Waals surface area (Å²) in [7, 11) is 2.13. The number of aryl methyl sites for hydroxylation is 2. The molecule has 0 atom stereocenters. The van der Waals surface area contributed by atoms with Gasteiger partial charge >= 0.3 is 0 Å². The summed E-state index contributed by atoms with van der Waals surface area (Å²) in [6.07, 6.45) is 3.76. The first-order valence-corrected chi connectivity index (χ1v) is 8.80. The highest BCUT2D eigenvalue weighted by molar-refractivity contribution is 6.12. The molecule has 0 aromatic carbocycles. The van der Waals surface area contributed by atoms with E-state index in [0.717, 1.165) is 25.9 Å². The van der Waals surface area contributed by atoms with Gasteiger partial charge in [-0.2, -0.15) is 5.10 Å². The number of fused-ring (bicyclic) bond motifs is 1. The highest BCUT2D eigenvalue weighted by Crippen LogP contribution is 2.26. The number of carbonyl (C=O) groups excluding carboxylic acids is 1. The van der Waals surface area contributed by atoms with Crippen LogP contribution in [0.5, 0.6) is 0 Å². The van der Waals surface area contributed by atoms with Crippen molar-refractivity contribution in [3.8, 4) is 0 Å². The molecule has 1 fully saturated rings. The predicted octanol–water partition coefficient (Wildman–Crippen LogP) is 2.56. The summed E-state index contributed by atoms with van der Waals surface area (Å²) in [5.74, 6) is 0.503. The molecule has 1 aliphatic rings. The van der Waals surface area contributed by atoms with Gasteiger partial charge in [0.2, 0.25) is 0 Å². The molecule has 1 N–H and O–H groups in total. The maximum absolute atomic E-state index is 13.0. The van der Waals surface area contributed by atoms with Gasteiger partial charge in [-0.3, -0.25) is 4.79 Å². The average molecular weight is 354 g/mol. The lowest BCUT2D eigenvalue weighted by atomic mass is 10.1. The van der Waals surface area contributed by atoms with Crippen molar-refractivity contribution in [3.63, 3.8) is 0 Å². The van der Waals surface area contributed by atoms with Crippen LogP contribution in [0.2, 0.25) is 0 Å². The van der Waals surface area contributed by atoms with Gasteiger partial charge in [-0.15, -0.1) is 0 Å². The Morgan fingerprint density at radius 1 is 1.31 bits per heavy atom. The molecule has 26 heavy (non-hydrogen) atoms. The maximum Gasteiger partial charge on any atom is 0.258 e. The molecular weight excluding hydrogens is 332 g/mol. The van der Waals surface area contributed by atoms with Gasteiger partial charge < -0.3 is 14.7 Å². The number of likely N-dealkylation sites (tertiary alicyclic amines) is 1. The number of amides is 1. The molecule has 0 spiro atoms. The Kier molecular flexibility index (Phi) is 4.20. The fourth-order valence-electron chi connectivity index (χ4n) is 3.52. The molecule has 0 unspecified atom stereocenters. The van der Waals surface area contributed by atoms with E-state index in [-0.39, 0.29) is 5.91 Å². The fourth-order valence-corrected chi connectivity index (χ4v) is 3.52. The molecule has 1 saturated heterocycles. The standard InChI is InChI=1S/C18H22N6O2/c1-11-10-14(16-12(2)22-26-18(16)20-11)17(25)21-15-4-7-19-24(15)13-5-8-23(3)9-6-13/h4,7,10,13H,5-6,8-9H2,1-3H3,(H,21,25). The molecule has 0 bridgehead atoms. The van der Waals surface area contributed by atoms with E-state index in [1.54, 1.807) is 12.3 Å².